The first kappa shape index (κ1) is 24.4. The average molecular weight is 441 g/mol. The van der Waals surface area contributed by atoms with Crippen LogP contribution in [0.4, 0.5) is 0 Å². The highest BCUT2D eigenvalue weighted by Gasteiger charge is 2.49. The first-order chi connectivity index (χ1) is 14.8. The van der Waals surface area contributed by atoms with Crippen LogP contribution < -0.4 is 10.6 Å². The van der Waals surface area contributed by atoms with E-state index in [-0.39, 0.29) is 49.1 Å². The fourth-order valence-corrected chi connectivity index (χ4v) is 4.13. The first-order valence-electron chi connectivity index (χ1n) is 11.9. The topological polar surface area (TPSA) is 95.1 Å². The molecule has 1 heterocycles. The second-order valence-corrected chi connectivity index (χ2v) is 9.50. The number of carbonyl (C=O) groups excluding carboxylic acids is 2. The van der Waals surface area contributed by atoms with E-state index < -0.39 is 5.79 Å². The van der Waals surface area contributed by atoms with Crippen molar-refractivity contribution in [1.82, 2.24) is 10.6 Å². The molecule has 8 heteroatoms. The van der Waals surface area contributed by atoms with E-state index in [9.17, 15) is 9.59 Å². The molecule has 3 fully saturated rings. The lowest BCUT2D eigenvalue weighted by atomic mass is 9.94. The maximum absolute atomic E-state index is 12.3. The van der Waals surface area contributed by atoms with Gasteiger partial charge in [-0.2, -0.15) is 0 Å². The van der Waals surface area contributed by atoms with E-state index in [0.717, 1.165) is 13.1 Å². The molecule has 4 atom stereocenters. The van der Waals surface area contributed by atoms with Crippen LogP contribution in [0.25, 0.3) is 0 Å². The van der Waals surface area contributed by atoms with Gasteiger partial charge >= 0.3 is 11.9 Å². The Hall–Kier alpha value is -1.22. The summed E-state index contributed by atoms with van der Waals surface area (Å²) in [6.07, 6.45) is 4.49. The molecule has 178 valence electrons. The van der Waals surface area contributed by atoms with Gasteiger partial charge in [-0.05, 0) is 78.3 Å². The lowest BCUT2D eigenvalue weighted by molar-refractivity contribution is -0.156. The van der Waals surface area contributed by atoms with Gasteiger partial charge in [0.25, 0.3) is 0 Å². The number of rotatable bonds is 14. The first-order valence-corrected chi connectivity index (χ1v) is 11.9. The molecule has 0 aromatic rings. The average Bonchev–Trinajstić information content (AvgIpc) is 3.61. The number of esters is 2. The molecule has 2 aliphatic carbocycles. The third kappa shape index (κ3) is 8.00. The van der Waals surface area contributed by atoms with Crippen molar-refractivity contribution in [2.24, 2.45) is 11.8 Å². The van der Waals surface area contributed by atoms with Crippen molar-refractivity contribution in [3.05, 3.63) is 0 Å². The van der Waals surface area contributed by atoms with Gasteiger partial charge in [-0.25, -0.2) is 0 Å². The molecular weight excluding hydrogens is 400 g/mol. The highest BCUT2D eigenvalue weighted by atomic mass is 16.8. The zero-order valence-corrected chi connectivity index (χ0v) is 19.5. The molecule has 0 amide bonds. The summed E-state index contributed by atoms with van der Waals surface area (Å²) in [7, 11) is 0. The van der Waals surface area contributed by atoms with Crippen LogP contribution in [0.2, 0.25) is 0 Å². The van der Waals surface area contributed by atoms with E-state index in [4.69, 9.17) is 18.9 Å². The summed E-state index contributed by atoms with van der Waals surface area (Å²) < 4.78 is 23.1. The summed E-state index contributed by atoms with van der Waals surface area (Å²) in [5, 5.41) is 7.08. The normalized spacial score (nSPS) is 27.0. The van der Waals surface area contributed by atoms with Gasteiger partial charge < -0.3 is 29.6 Å². The van der Waals surface area contributed by atoms with E-state index in [0.29, 0.717) is 25.0 Å². The smallest absolute Gasteiger partial charge is 0.307 e. The predicted molar refractivity (Wildman–Crippen MR) is 115 cm³/mol. The molecular formula is C23H40N2O6. The van der Waals surface area contributed by atoms with Crippen molar-refractivity contribution in [3.8, 4) is 0 Å². The molecule has 1 saturated heterocycles. The molecule has 3 rings (SSSR count). The van der Waals surface area contributed by atoms with Gasteiger partial charge in [0, 0.05) is 12.1 Å². The molecule has 3 aliphatic rings. The van der Waals surface area contributed by atoms with E-state index in [2.05, 4.69) is 10.6 Å². The molecule has 2 saturated carbocycles. The van der Waals surface area contributed by atoms with E-state index in [1.54, 1.807) is 0 Å². The second kappa shape index (κ2) is 11.1. The van der Waals surface area contributed by atoms with Gasteiger partial charge in [-0.1, -0.05) is 0 Å². The maximum Gasteiger partial charge on any atom is 0.307 e. The van der Waals surface area contributed by atoms with Gasteiger partial charge in [0.15, 0.2) is 5.79 Å². The minimum atomic E-state index is -0.808. The van der Waals surface area contributed by atoms with Crippen molar-refractivity contribution in [2.45, 2.75) is 96.3 Å². The maximum atomic E-state index is 12.3. The van der Waals surface area contributed by atoms with E-state index in [1.165, 1.54) is 25.7 Å². The standard InChI is InChI=1S/C23H40N2O6/c1-5-28-19(26)11-17(24-13-15-7-8-15)21-22(31-23(3,4)30-21)18(12-20(27)29-6-2)25-14-16-9-10-16/h15-18,21-22,24-25H,5-14H2,1-4H3/t17-,18+,21-,22-/m0/s1. The highest BCUT2D eigenvalue weighted by molar-refractivity contribution is 5.71. The van der Waals surface area contributed by atoms with Crippen LogP contribution in [0.1, 0.15) is 66.2 Å². The van der Waals surface area contributed by atoms with Crippen molar-refractivity contribution < 1.29 is 28.5 Å². The molecule has 31 heavy (non-hydrogen) atoms. The number of hydrogen-bond acceptors (Lipinski definition) is 8. The molecule has 8 nitrogen and oxygen atoms in total. The summed E-state index contributed by atoms with van der Waals surface area (Å²) >= 11 is 0. The third-order valence-corrected chi connectivity index (χ3v) is 6.07. The molecule has 0 radical (unpaired) electrons. The van der Waals surface area contributed by atoms with Crippen LogP contribution in [-0.4, -0.2) is 68.3 Å². The number of hydrogen-bond donors (Lipinski definition) is 2. The van der Waals surface area contributed by atoms with Gasteiger partial charge in [-0.15, -0.1) is 0 Å². The lowest BCUT2D eigenvalue weighted by Crippen LogP contribution is -2.54. The minimum Gasteiger partial charge on any atom is -0.466 e. The Bertz CT molecular complexity index is 555. The zero-order valence-electron chi connectivity index (χ0n) is 19.5. The van der Waals surface area contributed by atoms with Crippen LogP contribution in [0.5, 0.6) is 0 Å². The Morgan fingerprint density at radius 3 is 1.55 bits per heavy atom. The van der Waals surface area contributed by atoms with Crippen molar-refractivity contribution in [3.63, 3.8) is 0 Å². The fourth-order valence-electron chi connectivity index (χ4n) is 4.13. The molecule has 2 N–H and O–H groups in total. The molecule has 0 aromatic heterocycles. The summed E-state index contributed by atoms with van der Waals surface area (Å²) in [4.78, 5) is 24.7. The minimum absolute atomic E-state index is 0.204. The summed E-state index contributed by atoms with van der Waals surface area (Å²) in [6, 6.07) is -0.502. The molecule has 0 spiro atoms. The monoisotopic (exact) mass is 440 g/mol. The quantitative estimate of drug-likeness (QED) is 0.397. The van der Waals surface area contributed by atoms with E-state index >= 15 is 0 Å². The molecule has 1 aliphatic heterocycles. The summed E-state index contributed by atoms with van der Waals surface area (Å²) in [6.45, 7) is 9.75. The molecule has 0 bridgehead atoms. The zero-order chi connectivity index (χ0) is 22.4. The predicted octanol–water partition coefficient (Wildman–Crippen LogP) is 2.15. The summed E-state index contributed by atoms with van der Waals surface area (Å²) in [5.74, 6) is -0.00687. The lowest BCUT2D eigenvalue weighted by Gasteiger charge is -2.31. The number of nitrogens with one attached hydrogen (secondary N) is 2. The van der Waals surface area contributed by atoms with Crippen LogP contribution in [0.15, 0.2) is 0 Å². The van der Waals surface area contributed by atoms with Gasteiger partial charge in [0.1, 0.15) is 12.2 Å². The third-order valence-electron chi connectivity index (χ3n) is 6.07. The second-order valence-electron chi connectivity index (χ2n) is 9.50. The van der Waals surface area contributed by atoms with Crippen LogP contribution in [0.3, 0.4) is 0 Å². The molecule has 0 unspecified atom stereocenters. The number of carbonyl (C=O) groups is 2. The Morgan fingerprint density at radius 1 is 0.839 bits per heavy atom. The highest BCUT2D eigenvalue weighted by Crippen LogP contribution is 2.35. The summed E-state index contributed by atoms with van der Waals surface area (Å²) in [5.41, 5.74) is 0. The van der Waals surface area contributed by atoms with Gasteiger partial charge in [0.2, 0.25) is 0 Å². The Kier molecular flexibility index (Phi) is 8.73. The Labute approximate surface area is 186 Å². The fraction of sp³-hybridized carbons (Fsp3) is 0.913. The Balaban J connectivity index is 1.75. The van der Waals surface area contributed by atoms with Crippen molar-refractivity contribution in [2.75, 3.05) is 26.3 Å². The Morgan fingerprint density at radius 2 is 1.23 bits per heavy atom. The largest absolute Gasteiger partial charge is 0.466 e. The van der Waals surface area contributed by atoms with Gasteiger partial charge in [0.05, 0.1) is 26.1 Å². The van der Waals surface area contributed by atoms with Gasteiger partial charge in [-0.3, -0.25) is 9.59 Å². The number of ether oxygens (including phenoxy) is 4. The SMILES string of the molecule is CCOC(=O)C[C@H](NCC1CC1)[C@@H]1OC(C)(C)O[C@H]1[C@@H](CC(=O)OCC)NCC1CC1. The van der Waals surface area contributed by atoms with E-state index in [1.807, 2.05) is 27.7 Å². The van der Waals surface area contributed by atoms with Crippen LogP contribution in [0, 0.1) is 11.8 Å². The van der Waals surface area contributed by atoms with Crippen LogP contribution >= 0.6 is 0 Å². The van der Waals surface area contributed by atoms with Crippen molar-refractivity contribution >= 4 is 11.9 Å². The molecule has 0 aromatic carbocycles. The van der Waals surface area contributed by atoms with Crippen LogP contribution in [-0.2, 0) is 28.5 Å². The van der Waals surface area contributed by atoms with Crippen molar-refractivity contribution in [1.29, 1.82) is 0 Å².